The summed E-state index contributed by atoms with van der Waals surface area (Å²) >= 11 is 1.77. The fourth-order valence-corrected chi connectivity index (χ4v) is 4.17. The van der Waals surface area contributed by atoms with Gasteiger partial charge in [0.05, 0.1) is 0 Å². The number of amides is 2. The molecule has 0 radical (unpaired) electrons. The molecule has 1 N–H and O–H groups in total. The maximum atomic E-state index is 12.9. The lowest BCUT2D eigenvalue weighted by atomic mass is 9.99. The first-order valence-corrected chi connectivity index (χ1v) is 10.4. The molecule has 1 fully saturated rings. The van der Waals surface area contributed by atoms with E-state index in [1.165, 1.54) is 4.90 Å². The molecule has 1 aromatic rings. The number of nitrogens with one attached hydrogen (secondary N) is 1. The second kappa shape index (κ2) is 8.55. The van der Waals surface area contributed by atoms with Gasteiger partial charge in [0, 0.05) is 22.2 Å². The van der Waals surface area contributed by atoms with Gasteiger partial charge in [-0.3, -0.25) is 9.69 Å². The van der Waals surface area contributed by atoms with E-state index in [2.05, 4.69) is 17.4 Å². The second-order valence-corrected chi connectivity index (χ2v) is 10.4. The van der Waals surface area contributed by atoms with Crippen LogP contribution in [0.15, 0.2) is 35.2 Å². The Kier molecular flexibility index (Phi) is 6.84. The molecule has 5 nitrogen and oxygen atoms in total. The largest absolute Gasteiger partial charge is 0.444 e. The van der Waals surface area contributed by atoms with Crippen molar-refractivity contribution in [3.63, 3.8) is 0 Å². The van der Waals surface area contributed by atoms with Crippen molar-refractivity contribution in [2.75, 3.05) is 6.54 Å². The van der Waals surface area contributed by atoms with E-state index in [1.54, 1.807) is 16.7 Å². The number of thioether (sulfide) groups is 1. The van der Waals surface area contributed by atoms with Crippen molar-refractivity contribution in [3.8, 4) is 0 Å². The number of likely N-dealkylation sites (tertiary alicyclic amines) is 1. The molecular weight excluding hydrogens is 360 g/mol. The molecule has 6 heteroatoms. The highest BCUT2D eigenvalue weighted by Crippen LogP contribution is 2.33. The molecule has 0 bridgehead atoms. The van der Waals surface area contributed by atoms with Crippen molar-refractivity contribution in [1.29, 1.82) is 0 Å². The molecule has 1 saturated heterocycles. The third kappa shape index (κ3) is 7.09. The minimum Gasteiger partial charge on any atom is -0.444 e. The number of hydrogen-bond acceptors (Lipinski definition) is 4. The smallest absolute Gasteiger partial charge is 0.410 e. The Morgan fingerprint density at radius 2 is 1.74 bits per heavy atom. The van der Waals surface area contributed by atoms with E-state index in [0.29, 0.717) is 13.0 Å². The Morgan fingerprint density at radius 3 is 2.30 bits per heavy atom. The molecule has 2 rings (SSSR count). The van der Waals surface area contributed by atoms with Crippen LogP contribution in [0, 0.1) is 0 Å². The van der Waals surface area contributed by atoms with Gasteiger partial charge in [0.25, 0.3) is 0 Å². The number of hydrogen-bond donors (Lipinski definition) is 1. The highest BCUT2D eigenvalue weighted by molar-refractivity contribution is 8.00. The van der Waals surface area contributed by atoms with Gasteiger partial charge in [0.1, 0.15) is 11.6 Å². The summed E-state index contributed by atoms with van der Waals surface area (Å²) in [5.74, 6) is -0.119. The van der Waals surface area contributed by atoms with E-state index in [4.69, 9.17) is 4.74 Å². The highest BCUT2D eigenvalue weighted by Gasteiger charge is 2.39. The number of carbonyl (C=O) groups excluding carboxylic acids is 2. The zero-order valence-electron chi connectivity index (χ0n) is 17.2. The Bertz CT molecular complexity index is 650. The van der Waals surface area contributed by atoms with E-state index in [-0.39, 0.29) is 16.7 Å². The van der Waals surface area contributed by atoms with Gasteiger partial charge >= 0.3 is 6.09 Å². The van der Waals surface area contributed by atoms with Crippen molar-refractivity contribution in [3.05, 3.63) is 30.3 Å². The Balaban J connectivity index is 2.14. The molecule has 0 spiro atoms. The number of piperidine rings is 1. The minimum atomic E-state index is -0.586. The quantitative estimate of drug-likeness (QED) is 0.825. The summed E-state index contributed by atoms with van der Waals surface area (Å²) in [4.78, 5) is 28.4. The lowest BCUT2D eigenvalue weighted by molar-refractivity contribution is -0.129. The fourth-order valence-electron chi connectivity index (χ4n) is 2.97. The monoisotopic (exact) mass is 392 g/mol. The molecule has 0 aromatic heterocycles. The highest BCUT2D eigenvalue weighted by atomic mass is 32.2. The summed E-state index contributed by atoms with van der Waals surface area (Å²) in [5.41, 5.74) is -0.937. The molecule has 2 atom stereocenters. The van der Waals surface area contributed by atoms with Crippen LogP contribution in [0.3, 0.4) is 0 Å². The topological polar surface area (TPSA) is 58.6 Å². The summed E-state index contributed by atoms with van der Waals surface area (Å²) in [6, 6.07) is 9.66. The molecule has 0 saturated carbocycles. The molecule has 0 aliphatic carbocycles. The van der Waals surface area contributed by atoms with Gasteiger partial charge < -0.3 is 10.1 Å². The third-order valence-electron chi connectivity index (χ3n) is 4.03. The number of ether oxygens (including phenoxy) is 1. The van der Waals surface area contributed by atoms with Crippen LogP contribution in [-0.2, 0) is 9.53 Å². The van der Waals surface area contributed by atoms with Crippen LogP contribution < -0.4 is 5.32 Å². The minimum absolute atomic E-state index is 0.119. The SMILES string of the molecule is CC(C)(C)NC(=O)[C@@H]1C[C@H](Sc2ccccc2)CCN1C(=O)OC(C)(C)C. The zero-order chi connectivity index (χ0) is 20.2. The van der Waals surface area contributed by atoms with Gasteiger partial charge in [-0.05, 0) is 66.5 Å². The number of nitrogens with zero attached hydrogens (tertiary/aromatic N) is 1. The average Bonchev–Trinajstić information content (AvgIpc) is 2.52. The summed E-state index contributed by atoms with van der Waals surface area (Å²) in [5, 5.41) is 3.30. The molecule has 1 aliphatic heterocycles. The van der Waals surface area contributed by atoms with Crippen LogP contribution in [0.25, 0.3) is 0 Å². The van der Waals surface area contributed by atoms with Crippen LogP contribution >= 0.6 is 11.8 Å². The molecule has 0 unspecified atom stereocenters. The molecule has 1 heterocycles. The maximum absolute atomic E-state index is 12.9. The lowest BCUT2D eigenvalue weighted by Gasteiger charge is -2.40. The lowest BCUT2D eigenvalue weighted by Crippen LogP contribution is -2.57. The normalized spacial score (nSPS) is 20.9. The van der Waals surface area contributed by atoms with Gasteiger partial charge in [-0.2, -0.15) is 0 Å². The van der Waals surface area contributed by atoms with E-state index >= 15 is 0 Å². The third-order valence-corrected chi connectivity index (χ3v) is 5.33. The van der Waals surface area contributed by atoms with Gasteiger partial charge in [-0.25, -0.2) is 4.79 Å². The molecule has 1 aliphatic rings. The van der Waals surface area contributed by atoms with Gasteiger partial charge in [-0.15, -0.1) is 11.8 Å². The van der Waals surface area contributed by atoms with Crippen LogP contribution in [0.1, 0.15) is 54.4 Å². The van der Waals surface area contributed by atoms with Gasteiger partial charge in [-0.1, -0.05) is 18.2 Å². The van der Waals surface area contributed by atoms with Crippen molar-refractivity contribution in [2.45, 2.75) is 81.7 Å². The standard InChI is InChI=1S/C21H32N2O3S/c1-20(2,3)22-18(24)17-14-16(27-15-10-8-7-9-11-15)12-13-23(17)19(25)26-21(4,5)6/h7-11,16-17H,12-14H2,1-6H3,(H,22,24)/t16-,17+/m1/s1. The zero-order valence-corrected chi connectivity index (χ0v) is 18.1. The van der Waals surface area contributed by atoms with Gasteiger partial charge in [0.2, 0.25) is 5.91 Å². The fraction of sp³-hybridized carbons (Fsp3) is 0.619. The Morgan fingerprint density at radius 1 is 1.11 bits per heavy atom. The molecule has 1 aromatic carbocycles. The van der Waals surface area contributed by atoms with Crippen LogP contribution in [0.5, 0.6) is 0 Å². The van der Waals surface area contributed by atoms with E-state index in [0.717, 1.165) is 6.42 Å². The summed E-state index contributed by atoms with van der Waals surface area (Å²) in [7, 11) is 0. The van der Waals surface area contributed by atoms with E-state index in [9.17, 15) is 9.59 Å². The molecule has 27 heavy (non-hydrogen) atoms. The van der Waals surface area contributed by atoms with Gasteiger partial charge in [0.15, 0.2) is 0 Å². The van der Waals surface area contributed by atoms with Crippen molar-refractivity contribution in [2.24, 2.45) is 0 Å². The number of benzene rings is 1. The second-order valence-electron chi connectivity index (χ2n) is 9.01. The molecular formula is C21H32N2O3S. The van der Waals surface area contributed by atoms with Crippen molar-refractivity contribution >= 4 is 23.8 Å². The first-order valence-electron chi connectivity index (χ1n) is 9.48. The predicted molar refractivity (Wildman–Crippen MR) is 110 cm³/mol. The Labute approximate surface area is 167 Å². The number of rotatable bonds is 3. The van der Waals surface area contributed by atoms with Crippen molar-refractivity contribution in [1.82, 2.24) is 10.2 Å². The van der Waals surface area contributed by atoms with Crippen LogP contribution in [-0.4, -0.2) is 45.9 Å². The van der Waals surface area contributed by atoms with E-state index in [1.807, 2.05) is 59.7 Å². The summed E-state index contributed by atoms with van der Waals surface area (Å²) < 4.78 is 5.54. The van der Waals surface area contributed by atoms with Crippen LogP contribution in [0.4, 0.5) is 4.79 Å². The summed E-state index contributed by atoms with van der Waals surface area (Å²) in [6.45, 7) is 11.9. The molecule has 150 valence electrons. The summed E-state index contributed by atoms with van der Waals surface area (Å²) in [6.07, 6.45) is 1.03. The Hall–Kier alpha value is -1.69. The molecule has 2 amide bonds. The maximum Gasteiger partial charge on any atom is 0.410 e. The van der Waals surface area contributed by atoms with Crippen molar-refractivity contribution < 1.29 is 14.3 Å². The number of carbonyl (C=O) groups is 2. The predicted octanol–water partition coefficient (Wildman–Crippen LogP) is 4.46. The first-order chi connectivity index (χ1) is 12.4. The van der Waals surface area contributed by atoms with Crippen LogP contribution in [0.2, 0.25) is 0 Å². The average molecular weight is 393 g/mol. The van der Waals surface area contributed by atoms with E-state index < -0.39 is 17.7 Å². The first kappa shape index (κ1) is 21.6.